The summed E-state index contributed by atoms with van der Waals surface area (Å²) in [5, 5.41) is 19.2. The Morgan fingerprint density at radius 2 is 1.36 bits per heavy atom. The van der Waals surface area contributed by atoms with E-state index in [2.05, 4.69) is 4.99 Å². The number of guanidine groups is 1. The van der Waals surface area contributed by atoms with Crippen LogP contribution >= 0.6 is 0 Å². The van der Waals surface area contributed by atoms with Crippen molar-refractivity contribution in [3.63, 3.8) is 0 Å². The van der Waals surface area contributed by atoms with Gasteiger partial charge in [-0.3, -0.25) is 19.4 Å². The molecule has 9 nitrogen and oxygen atoms in total. The van der Waals surface area contributed by atoms with Crippen LogP contribution in [0, 0.1) is 16.7 Å². The van der Waals surface area contributed by atoms with Crippen LogP contribution in [0.25, 0.3) is 0 Å². The molecule has 0 aromatic rings. The lowest BCUT2D eigenvalue weighted by Gasteiger charge is -2.44. The van der Waals surface area contributed by atoms with Gasteiger partial charge in [-0.25, -0.2) is 0 Å². The smallest absolute Gasteiger partial charge is 0.309 e. The summed E-state index contributed by atoms with van der Waals surface area (Å²) in [7, 11) is 9.01. The van der Waals surface area contributed by atoms with E-state index in [1.165, 1.54) is 13.8 Å². The molecule has 1 amide bonds. The van der Waals surface area contributed by atoms with Gasteiger partial charge < -0.3 is 24.9 Å². The molecule has 1 aliphatic rings. The van der Waals surface area contributed by atoms with Crippen molar-refractivity contribution in [2.24, 2.45) is 21.7 Å². The van der Waals surface area contributed by atoms with Crippen molar-refractivity contribution >= 4 is 23.8 Å². The fourth-order valence-corrected chi connectivity index (χ4v) is 4.20. The molecule has 0 spiro atoms. The van der Waals surface area contributed by atoms with Gasteiger partial charge in [0, 0.05) is 54.2 Å². The van der Waals surface area contributed by atoms with Crippen LogP contribution in [0.15, 0.2) is 4.99 Å². The molecular weight excluding hydrogens is 364 g/mol. The number of hydrogen-bond acceptors (Lipinski definition) is 4. The minimum Gasteiger partial charge on any atom is -0.481 e. The van der Waals surface area contributed by atoms with Crippen LogP contribution in [0.1, 0.15) is 33.1 Å². The Labute approximate surface area is 167 Å². The number of aliphatic imine (C=N–C) groups is 1. The van der Waals surface area contributed by atoms with Crippen molar-refractivity contribution in [3.05, 3.63) is 0 Å². The molecule has 0 saturated heterocycles. The molecular formula is C19H34N4O5. The molecule has 0 aromatic heterocycles. The molecule has 1 aliphatic carbocycles. The zero-order valence-corrected chi connectivity index (χ0v) is 18.0. The number of carbonyl (C=O) groups is 3. The lowest BCUT2D eigenvalue weighted by Crippen LogP contribution is -2.50. The minimum absolute atomic E-state index is 0.0139. The van der Waals surface area contributed by atoms with Gasteiger partial charge in [0.05, 0.1) is 10.8 Å². The topological polar surface area (TPSA) is 114 Å². The Bertz CT molecular complexity index is 622. The summed E-state index contributed by atoms with van der Waals surface area (Å²) in [5.41, 5.74) is -2.48. The molecule has 1 unspecified atom stereocenters. The van der Waals surface area contributed by atoms with Crippen LogP contribution in [0.2, 0.25) is 0 Å². The largest absolute Gasteiger partial charge is 0.481 e. The van der Waals surface area contributed by atoms with Gasteiger partial charge in [-0.1, -0.05) is 0 Å². The second-order valence-electron chi connectivity index (χ2n) is 8.61. The zero-order chi connectivity index (χ0) is 21.9. The number of carboxylic acid groups (broad SMARTS) is 2. The molecule has 0 bridgehead atoms. The van der Waals surface area contributed by atoms with Crippen LogP contribution in [-0.2, 0) is 14.4 Å². The Balaban J connectivity index is 2.91. The van der Waals surface area contributed by atoms with Gasteiger partial charge in [0.1, 0.15) is 0 Å². The van der Waals surface area contributed by atoms with E-state index in [9.17, 15) is 24.6 Å². The first-order valence-electron chi connectivity index (χ1n) is 9.34. The highest BCUT2D eigenvalue weighted by Gasteiger charge is 2.53. The Morgan fingerprint density at radius 3 is 1.71 bits per heavy atom. The predicted molar refractivity (Wildman–Crippen MR) is 106 cm³/mol. The molecule has 1 saturated carbocycles. The summed E-state index contributed by atoms with van der Waals surface area (Å²) in [6.45, 7) is 4.04. The van der Waals surface area contributed by atoms with E-state index in [-0.39, 0.29) is 25.2 Å². The van der Waals surface area contributed by atoms with Gasteiger partial charge >= 0.3 is 11.9 Å². The fraction of sp³-hybridized carbons (Fsp3) is 0.789. The molecule has 2 N–H and O–H groups in total. The first-order chi connectivity index (χ1) is 12.8. The van der Waals surface area contributed by atoms with Gasteiger partial charge in [0.2, 0.25) is 5.91 Å². The van der Waals surface area contributed by atoms with Gasteiger partial charge in [0.25, 0.3) is 0 Å². The molecule has 3 atom stereocenters. The second-order valence-corrected chi connectivity index (χ2v) is 8.61. The van der Waals surface area contributed by atoms with Crippen molar-refractivity contribution in [2.45, 2.75) is 33.1 Å². The van der Waals surface area contributed by atoms with Crippen molar-refractivity contribution in [1.82, 2.24) is 14.7 Å². The number of likely N-dealkylation sites (N-methyl/N-ethyl adjacent to an activating group) is 2. The van der Waals surface area contributed by atoms with E-state index in [0.717, 1.165) is 5.96 Å². The third-order valence-corrected chi connectivity index (χ3v) is 5.64. The maximum absolute atomic E-state index is 13.0. The van der Waals surface area contributed by atoms with Crippen LogP contribution in [0.4, 0.5) is 0 Å². The number of aliphatic carboxylic acids is 2. The standard InChI is InChI=1S/C19H34N4O5/c1-18(15(25)26)10-13(11-19(2,12-18)16(27)28)14(24)22(6)8-9-23(7)17(20-3)21(4)5/h13H,8-12H2,1-7H3,(H,25,26)(H,27,28)/t13?,18-,19+. The Morgan fingerprint density at radius 1 is 0.929 bits per heavy atom. The predicted octanol–water partition coefficient (Wildman–Crippen LogP) is 0.906. The van der Waals surface area contributed by atoms with E-state index in [1.807, 2.05) is 30.9 Å². The molecule has 160 valence electrons. The molecule has 1 rings (SSSR count). The van der Waals surface area contributed by atoms with E-state index < -0.39 is 28.7 Å². The quantitative estimate of drug-likeness (QED) is 0.505. The number of carbonyl (C=O) groups excluding carboxylic acids is 1. The molecule has 1 fully saturated rings. The highest BCUT2D eigenvalue weighted by molar-refractivity contribution is 5.84. The van der Waals surface area contributed by atoms with Crippen LogP contribution in [-0.4, -0.2) is 97.0 Å². The Hall–Kier alpha value is -2.32. The van der Waals surface area contributed by atoms with E-state index in [1.54, 1.807) is 19.0 Å². The highest BCUT2D eigenvalue weighted by Crippen LogP contribution is 2.49. The third kappa shape index (κ3) is 5.14. The maximum atomic E-state index is 13.0. The SMILES string of the molecule is CN=C(N(C)C)N(C)CCN(C)C(=O)C1C[C@](C)(C(=O)O)C[C@](C)(C(=O)O)C1. The van der Waals surface area contributed by atoms with Gasteiger partial charge in [-0.2, -0.15) is 0 Å². The van der Waals surface area contributed by atoms with Crippen LogP contribution in [0.5, 0.6) is 0 Å². The van der Waals surface area contributed by atoms with Crippen LogP contribution in [0.3, 0.4) is 0 Å². The number of carboxylic acids is 2. The van der Waals surface area contributed by atoms with Crippen molar-refractivity contribution in [3.8, 4) is 0 Å². The Kier molecular flexibility index (Phi) is 7.45. The summed E-state index contributed by atoms with van der Waals surface area (Å²) in [6, 6.07) is 0. The number of amides is 1. The average Bonchev–Trinajstić information content (AvgIpc) is 2.58. The minimum atomic E-state index is -1.24. The summed E-state index contributed by atoms with van der Waals surface area (Å²) >= 11 is 0. The first-order valence-corrected chi connectivity index (χ1v) is 9.34. The lowest BCUT2D eigenvalue weighted by molar-refractivity contribution is -0.165. The van der Waals surface area contributed by atoms with E-state index in [0.29, 0.717) is 13.1 Å². The molecule has 28 heavy (non-hydrogen) atoms. The van der Waals surface area contributed by atoms with Gasteiger partial charge in [-0.05, 0) is 33.1 Å². The summed E-state index contributed by atoms with van der Waals surface area (Å²) in [6.07, 6.45) is 0.299. The number of rotatable bonds is 6. The van der Waals surface area contributed by atoms with Crippen molar-refractivity contribution < 1.29 is 24.6 Å². The van der Waals surface area contributed by atoms with E-state index in [4.69, 9.17) is 0 Å². The average molecular weight is 399 g/mol. The molecule has 0 heterocycles. The molecule has 0 aromatic carbocycles. The summed E-state index contributed by atoms with van der Waals surface area (Å²) in [5.74, 6) is -2.20. The van der Waals surface area contributed by atoms with Gasteiger partial charge in [0.15, 0.2) is 5.96 Å². The zero-order valence-electron chi connectivity index (χ0n) is 18.0. The normalized spacial score (nSPS) is 27.8. The second kappa shape index (κ2) is 8.79. The number of hydrogen-bond donors (Lipinski definition) is 2. The number of nitrogens with zero attached hydrogens (tertiary/aromatic N) is 4. The van der Waals surface area contributed by atoms with E-state index >= 15 is 0 Å². The monoisotopic (exact) mass is 398 g/mol. The highest BCUT2D eigenvalue weighted by atomic mass is 16.4. The fourth-order valence-electron chi connectivity index (χ4n) is 4.20. The maximum Gasteiger partial charge on any atom is 0.309 e. The summed E-state index contributed by atoms with van der Waals surface area (Å²) < 4.78 is 0. The molecule has 0 radical (unpaired) electrons. The van der Waals surface area contributed by atoms with Gasteiger partial charge in [-0.15, -0.1) is 0 Å². The molecule has 0 aliphatic heterocycles. The van der Waals surface area contributed by atoms with Crippen LogP contribution < -0.4 is 0 Å². The van der Waals surface area contributed by atoms with Crippen molar-refractivity contribution in [2.75, 3.05) is 48.3 Å². The summed E-state index contributed by atoms with van der Waals surface area (Å²) in [4.78, 5) is 46.1. The lowest BCUT2D eigenvalue weighted by atomic mass is 9.59. The molecule has 9 heteroatoms. The first kappa shape index (κ1) is 23.7. The third-order valence-electron chi connectivity index (χ3n) is 5.64. The van der Waals surface area contributed by atoms with Crippen molar-refractivity contribution in [1.29, 1.82) is 0 Å².